The van der Waals surface area contributed by atoms with Crippen molar-refractivity contribution in [3.8, 4) is 5.75 Å². The van der Waals surface area contributed by atoms with Gasteiger partial charge in [0.25, 0.3) is 0 Å². The molecule has 6 N–H and O–H groups in total. The molecule has 4 saturated heterocycles. The molecule has 378 valence electrons. The normalized spacial score (nSPS) is 42.9. The molecule has 0 saturated carbocycles. The van der Waals surface area contributed by atoms with Crippen LogP contribution in [0.15, 0.2) is 24.3 Å². The fourth-order valence-electron chi connectivity index (χ4n) is 11.2. The lowest BCUT2D eigenvalue weighted by Gasteiger charge is -2.49. The van der Waals surface area contributed by atoms with Gasteiger partial charge in [-0.2, -0.15) is 0 Å². The summed E-state index contributed by atoms with van der Waals surface area (Å²) in [5, 5.41) is 30.8. The number of carbonyl (C=O) groups excluding carboxylic acids is 2. The molecule has 0 spiro atoms. The Morgan fingerprint density at radius 1 is 0.985 bits per heavy atom. The summed E-state index contributed by atoms with van der Waals surface area (Å²) in [6.07, 6.45) is -7.34. The largest absolute Gasteiger partial charge is 0.496 e. The Hall–Kier alpha value is -2.68. The third-order valence-electron chi connectivity index (χ3n) is 15.2. The van der Waals surface area contributed by atoms with Gasteiger partial charge in [-0.3, -0.25) is 4.79 Å². The Balaban J connectivity index is 1.40. The van der Waals surface area contributed by atoms with E-state index in [4.69, 9.17) is 48.4 Å². The van der Waals surface area contributed by atoms with Crippen LogP contribution in [-0.2, 0) is 42.7 Å². The third kappa shape index (κ3) is 11.8. The molecular formula is C49H84N4O13. The Labute approximate surface area is 393 Å². The average molecular weight is 937 g/mol. The van der Waals surface area contributed by atoms with Gasteiger partial charge in [-0.1, -0.05) is 45.9 Å². The maximum absolute atomic E-state index is 14.6. The van der Waals surface area contributed by atoms with E-state index >= 15 is 0 Å². The van der Waals surface area contributed by atoms with E-state index in [2.05, 4.69) is 10.6 Å². The Bertz CT molecular complexity index is 1740. The number of likely N-dealkylation sites (N-methyl/N-ethyl adjacent to an activating group) is 1. The number of benzene rings is 1. The molecule has 1 aromatic carbocycles. The van der Waals surface area contributed by atoms with Crippen LogP contribution in [-0.4, -0.2) is 159 Å². The highest BCUT2D eigenvalue weighted by Gasteiger charge is 2.58. The van der Waals surface area contributed by atoms with E-state index < -0.39 is 95.9 Å². The molecule has 4 fully saturated rings. The van der Waals surface area contributed by atoms with Crippen molar-refractivity contribution in [1.82, 2.24) is 15.5 Å². The van der Waals surface area contributed by atoms with E-state index in [1.54, 1.807) is 35.0 Å². The Morgan fingerprint density at radius 2 is 1.67 bits per heavy atom. The first-order valence-corrected chi connectivity index (χ1v) is 24.1. The molecule has 2 unspecified atom stereocenters. The van der Waals surface area contributed by atoms with Crippen molar-refractivity contribution in [3.63, 3.8) is 0 Å². The minimum Gasteiger partial charge on any atom is -0.496 e. The first-order chi connectivity index (χ1) is 30.9. The minimum atomic E-state index is -1.58. The topological polar surface area (TPSA) is 211 Å². The van der Waals surface area contributed by atoms with E-state index in [9.17, 15) is 19.8 Å². The number of carbonyl (C=O) groups is 2. The summed E-state index contributed by atoms with van der Waals surface area (Å²) in [5.74, 6) is -1.80. The number of cyclic esters (lactones) is 1. The van der Waals surface area contributed by atoms with Gasteiger partial charge in [-0.15, -0.1) is 0 Å². The molecule has 4 heterocycles. The second kappa shape index (κ2) is 22.4. The van der Waals surface area contributed by atoms with Gasteiger partial charge < -0.3 is 74.1 Å². The van der Waals surface area contributed by atoms with Crippen molar-refractivity contribution in [3.05, 3.63) is 29.8 Å². The van der Waals surface area contributed by atoms with Gasteiger partial charge in [0, 0.05) is 62.1 Å². The Kier molecular flexibility index (Phi) is 18.4. The van der Waals surface area contributed by atoms with Gasteiger partial charge in [-0.05, 0) is 93.8 Å². The molecule has 0 radical (unpaired) electrons. The summed E-state index contributed by atoms with van der Waals surface area (Å²) < 4.78 is 57.4. The number of alkyl carbamates (subject to hydrolysis) is 1. The molecule has 17 heteroatoms. The first-order valence-electron chi connectivity index (χ1n) is 24.1. The van der Waals surface area contributed by atoms with Crippen molar-refractivity contribution in [2.24, 2.45) is 29.4 Å². The molecule has 2 bridgehead atoms. The van der Waals surface area contributed by atoms with Crippen molar-refractivity contribution in [2.45, 2.75) is 198 Å². The van der Waals surface area contributed by atoms with Gasteiger partial charge in [0.1, 0.15) is 29.2 Å². The predicted molar refractivity (Wildman–Crippen MR) is 248 cm³/mol. The summed E-state index contributed by atoms with van der Waals surface area (Å²) in [6, 6.07) is 7.00. The molecular weight excluding hydrogens is 853 g/mol. The van der Waals surface area contributed by atoms with Crippen molar-refractivity contribution in [2.75, 3.05) is 41.4 Å². The number of para-hydroxylation sites is 1. The second-order valence-corrected chi connectivity index (χ2v) is 20.6. The van der Waals surface area contributed by atoms with Crippen LogP contribution in [0.4, 0.5) is 4.79 Å². The highest BCUT2D eigenvalue weighted by Crippen LogP contribution is 2.46. The lowest BCUT2D eigenvalue weighted by Crippen LogP contribution is -2.61. The van der Waals surface area contributed by atoms with Crippen molar-refractivity contribution in [1.29, 1.82) is 0 Å². The van der Waals surface area contributed by atoms with Crippen LogP contribution in [0.25, 0.3) is 0 Å². The van der Waals surface area contributed by atoms with Crippen LogP contribution >= 0.6 is 0 Å². The summed E-state index contributed by atoms with van der Waals surface area (Å²) in [7, 11) is 6.97. The standard InChI is InChI=1S/C49H84N4O13/c1-16-36-49(11)41(50)28(4)39(66-49)26(2)24-47(9,57)42(64-45-38(54)34(53(12)13)23-27(3)60-45)29(5)40(30(6)44(55)62-36)63-37-25-48(10,59-15)43(32(8)61-37)65-46(56)52-22-21-51-31(7)33-19-17-18-20-35(33)58-14/h17-20,26-32,34,36-43,45,51,54,57H,16,21-25,50H2,1-15H3,(H,52,56)/t26-,27-,28+,29+,30-,31?,32+,34+,36-,37+,38-,39-,40+,41+,42-,43?,45+,47+,48-,49-/m1/s1. The number of methoxy groups -OCH3 is 2. The molecule has 1 aromatic rings. The molecule has 66 heavy (non-hydrogen) atoms. The zero-order valence-corrected chi connectivity index (χ0v) is 42.3. The van der Waals surface area contributed by atoms with Gasteiger partial charge in [0.2, 0.25) is 0 Å². The van der Waals surface area contributed by atoms with E-state index in [-0.39, 0.29) is 49.0 Å². The number of hydrogen-bond donors (Lipinski definition) is 5. The van der Waals surface area contributed by atoms with Crippen LogP contribution in [0.1, 0.15) is 113 Å². The molecule has 5 rings (SSSR count). The smallest absolute Gasteiger partial charge is 0.407 e. The summed E-state index contributed by atoms with van der Waals surface area (Å²) >= 11 is 0. The fraction of sp³-hybridized carbons (Fsp3) is 0.837. The van der Waals surface area contributed by atoms with Crippen LogP contribution < -0.4 is 21.1 Å². The molecule has 1 amide bonds. The van der Waals surface area contributed by atoms with Crippen molar-refractivity contribution < 1.29 is 62.4 Å². The molecule has 0 aliphatic carbocycles. The summed E-state index contributed by atoms with van der Waals surface area (Å²) in [5.41, 5.74) is 4.25. The highest BCUT2D eigenvalue weighted by atomic mass is 16.7. The van der Waals surface area contributed by atoms with E-state index in [0.717, 1.165) is 11.3 Å². The number of aliphatic hydroxyl groups is 2. The van der Waals surface area contributed by atoms with Gasteiger partial charge in [-0.25, -0.2) is 4.79 Å². The molecule has 20 atom stereocenters. The van der Waals surface area contributed by atoms with Gasteiger partial charge in [0.15, 0.2) is 18.7 Å². The third-order valence-corrected chi connectivity index (χ3v) is 15.2. The number of esters is 1. The van der Waals surface area contributed by atoms with Crippen LogP contribution in [0.5, 0.6) is 5.75 Å². The maximum atomic E-state index is 14.6. The Morgan fingerprint density at radius 3 is 2.30 bits per heavy atom. The average Bonchev–Trinajstić information content (AvgIpc) is 3.50. The lowest BCUT2D eigenvalue weighted by molar-refractivity contribution is -0.317. The van der Waals surface area contributed by atoms with Gasteiger partial charge in [0.05, 0.1) is 49.1 Å². The zero-order valence-electron chi connectivity index (χ0n) is 42.3. The van der Waals surface area contributed by atoms with Crippen LogP contribution in [0.2, 0.25) is 0 Å². The molecule has 4 aliphatic rings. The van der Waals surface area contributed by atoms with E-state index in [1.807, 2.05) is 98.7 Å². The van der Waals surface area contributed by atoms with E-state index in [1.165, 1.54) is 0 Å². The number of ether oxygens (including phenoxy) is 9. The monoisotopic (exact) mass is 937 g/mol. The van der Waals surface area contributed by atoms with E-state index in [0.29, 0.717) is 25.9 Å². The summed E-state index contributed by atoms with van der Waals surface area (Å²) in [6.45, 7) is 21.5. The number of nitrogens with one attached hydrogen (secondary N) is 2. The first kappa shape index (κ1) is 54.3. The highest BCUT2D eigenvalue weighted by molar-refractivity contribution is 5.73. The van der Waals surface area contributed by atoms with Crippen molar-refractivity contribution >= 4 is 12.1 Å². The molecule has 4 aliphatic heterocycles. The number of nitrogens with zero attached hydrogens (tertiary/aromatic N) is 1. The minimum absolute atomic E-state index is 0.0257. The molecule has 0 aromatic heterocycles. The number of aliphatic hydroxyl groups excluding tert-OH is 1. The summed E-state index contributed by atoms with van der Waals surface area (Å²) in [4.78, 5) is 29.8. The second-order valence-electron chi connectivity index (χ2n) is 20.6. The van der Waals surface area contributed by atoms with Gasteiger partial charge >= 0.3 is 12.1 Å². The number of nitrogens with two attached hydrogens (primary N) is 1. The number of fused-ring (bicyclic) bond motifs is 2. The zero-order chi connectivity index (χ0) is 49.1. The van der Waals surface area contributed by atoms with Crippen LogP contribution in [0.3, 0.4) is 0 Å². The SMILES string of the molecule is CC[C@H]1OC(=O)[C@H](C)[C@@H](O[C@H]2C[C@@](C)(OC)C(OC(=O)NCCNC(C)c3ccccc3OC)[C@H](C)O2)[C@H](C)[C@@H](O[C@@H]2O[C@H](C)C[C@H](N(C)C)[C@H]2O)[C@@](C)(O)C[C@@H](C)[C@H]2O[C@@]1(C)[C@@H](N)[C@H]2C. The maximum Gasteiger partial charge on any atom is 0.407 e. The number of amides is 1. The molecule has 17 nitrogen and oxygen atoms in total. The predicted octanol–water partition coefficient (Wildman–Crippen LogP) is 4.68. The fourth-order valence-corrected chi connectivity index (χ4v) is 11.2. The number of hydrogen-bond acceptors (Lipinski definition) is 16. The lowest BCUT2D eigenvalue weighted by atomic mass is 9.75. The quantitative estimate of drug-likeness (QED) is 0.127. The number of rotatable bonds is 14. The van der Waals surface area contributed by atoms with Crippen LogP contribution in [0, 0.1) is 23.7 Å².